The molecule has 1 fully saturated rings. The maximum Gasteiger partial charge on any atom is 0.244 e. The van der Waals surface area contributed by atoms with Crippen LogP contribution in [0.1, 0.15) is 19.8 Å². The van der Waals surface area contributed by atoms with Gasteiger partial charge in [0.25, 0.3) is 0 Å². The van der Waals surface area contributed by atoms with E-state index in [2.05, 4.69) is 0 Å². The molecule has 2 atom stereocenters. The van der Waals surface area contributed by atoms with Crippen LogP contribution in [0.4, 0.5) is 4.39 Å². The summed E-state index contributed by atoms with van der Waals surface area (Å²) in [4.78, 5) is -0.0501. The Balaban J connectivity index is 2.30. The predicted molar refractivity (Wildman–Crippen MR) is 76.5 cm³/mol. The molecular formula is C13H18ClFN2O2S. The molecule has 1 aromatic rings. The SMILES string of the molecule is C[C@H](N)[C@H]1CCCN(S(=O)(=O)c2ccc(F)cc2Cl)C1. The molecule has 1 aromatic carbocycles. The monoisotopic (exact) mass is 320 g/mol. The molecule has 2 N–H and O–H groups in total. The number of hydrogen-bond acceptors (Lipinski definition) is 3. The third kappa shape index (κ3) is 3.14. The van der Waals surface area contributed by atoms with E-state index in [0.717, 1.165) is 25.0 Å². The fraction of sp³-hybridized carbons (Fsp3) is 0.538. The van der Waals surface area contributed by atoms with Crippen LogP contribution in [0.3, 0.4) is 0 Å². The first-order valence-corrected chi connectivity index (χ1v) is 8.35. The Bertz CT molecular complexity index is 592. The van der Waals surface area contributed by atoms with E-state index in [0.29, 0.717) is 13.1 Å². The van der Waals surface area contributed by atoms with Crippen LogP contribution in [0.15, 0.2) is 23.1 Å². The van der Waals surface area contributed by atoms with Gasteiger partial charge in [-0.15, -0.1) is 0 Å². The van der Waals surface area contributed by atoms with Crippen molar-refractivity contribution in [3.63, 3.8) is 0 Å². The van der Waals surface area contributed by atoms with E-state index in [1.54, 1.807) is 0 Å². The van der Waals surface area contributed by atoms with Gasteiger partial charge in [0.1, 0.15) is 10.7 Å². The molecule has 1 saturated heterocycles. The molecule has 0 aliphatic carbocycles. The highest BCUT2D eigenvalue weighted by Crippen LogP contribution is 2.29. The molecular weight excluding hydrogens is 303 g/mol. The summed E-state index contributed by atoms with van der Waals surface area (Å²) in [6.07, 6.45) is 1.69. The Hall–Kier alpha value is -0.690. The van der Waals surface area contributed by atoms with E-state index in [4.69, 9.17) is 17.3 Å². The Morgan fingerprint density at radius 2 is 2.20 bits per heavy atom. The second-order valence-corrected chi connectivity index (χ2v) is 7.51. The molecule has 2 rings (SSSR count). The minimum atomic E-state index is -3.70. The molecule has 1 aliphatic heterocycles. The molecule has 7 heteroatoms. The van der Waals surface area contributed by atoms with Gasteiger partial charge in [0.2, 0.25) is 10.0 Å². The van der Waals surface area contributed by atoms with Gasteiger partial charge < -0.3 is 5.73 Å². The molecule has 0 saturated carbocycles. The van der Waals surface area contributed by atoms with Crippen LogP contribution in [0.2, 0.25) is 5.02 Å². The summed E-state index contributed by atoms with van der Waals surface area (Å²) in [5.74, 6) is -0.418. The van der Waals surface area contributed by atoms with Gasteiger partial charge in [-0.2, -0.15) is 4.31 Å². The van der Waals surface area contributed by atoms with Crippen molar-refractivity contribution in [3.8, 4) is 0 Å². The van der Waals surface area contributed by atoms with E-state index in [1.165, 1.54) is 10.4 Å². The summed E-state index contributed by atoms with van der Waals surface area (Å²) in [6, 6.07) is 3.27. The molecule has 4 nitrogen and oxygen atoms in total. The van der Waals surface area contributed by atoms with Gasteiger partial charge in [-0.1, -0.05) is 11.6 Å². The molecule has 0 bridgehead atoms. The second kappa shape index (κ2) is 5.97. The normalized spacial score (nSPS) is 22.7. The Morgan fingerprint density at radius 3 is 2.80 bits per heavy atom. The number of rotatable bonds is 3. The van der Waals surface area contributed by atoms with Crippen molar-refractivity contribution in [3.05, 3.63) is 29.0 Å². The van der Waals surface area contributed by atoms with Crippen LogP contribution in [0, 0.1) is 11.7 Å². The summed E-state index contributed by atoms with van der Waals surface area (Å²) in [5, 5.41) is -0.0899. The van der Waals surface area contributed by atoms with Crippen molar-refractivity contribution in [1.82, 2.24) is 4.31 Å². The molecule has 0 amide bonds. The minimum absolute atomic E-state index is 0.0501. The number of hydrogen-bond donors (Lipinski definition) is 1. The van der Waals surface area contributed by atoms with E-state index in [9.17, 15) is 12.8 Å². The highest BCUT2D eigenvalue weighted by molar-refractivity contribution is 7.89. The first-order chi connectivity index (χ1) is 9.32. The zero-order valence-electron chi connectivity index (χ0n) is 11.2. The van der Waals surface area contributed by atoms with Crippen LogP contribution in [0.5, 0.6) is 0 Å². The summed E-state index contributed by atoms with van der Waals surface area (Å²) < 4.78 is 39.6. The molecule has 112 valence electrons. The van der Waals surface area contributed by atoms with Crippen molar-refractivity contribution in [2.75, 3.05) is 13.1 Å². The molecule has 1 heterocycles. The lowest BCUT2D eigenvalue weighted by atomic mass is 9.93. The van der Waals surface area contributed by atoms with Crippen molar-refractivity contribution >= 4 is 21.6 Å². The van der Waals surface area contributed by atoms with E-state index < -0.39 is 15.8 Å². The number of benzene rings is 1. The van der Waals surface area contributed by atoms with Crippen molar-refractivity contribution in [1.29, 1.82) is 0 Å². The van der Waals surface area contributed by atoms with Crippen LogP contribution in [0.25, 0.3) is 0 Å². The van der Waals surface area contributed by atoms with Crippen LogP contribution < -0.4 is 5.73 Å². The van der Waals surface area contributed by atoms with Crippen molar-refractivity contribution in [2.45, 2.75) is 30.7 Å². The maximum atomic E-state index is 13.0. The average Bonchev–Trinajstić information content (AvgIpc) is 2.38. The highest BCUT2D eigenvalue weighted by Gasteiger charge is 2.32. The molecule has 1 aliphatic rings. The third-order valence-electron chi connectivity index (χ3n) is 3.68. The molecule has 0 aromatic heterocycles. The number of piperidine rings is 1. The van der Waals surface area contributed by atoms with Gasteiger partial charge in [0, 0.05) is 19.1 Å². The molecule has 0 radical (unpaired) electrons. The van der Waals surface area contributed by atoms with Gasteiger partial charge in [-0.05, 0) is 43.9 Å². The lowest BCUT2D eigenvalue weighted by molar-refractivity contribution is 0.243. The largest absolute Gasteiger partial charge is 0.328 e. The predicted octanol–water partition coefficient (Wildman–Crippen LogP) is 2.23. The molecule has 20 heavy (non-hydrogen) atoms. The van der Waals surface area contributed by atoms with E-state index >= 15 is 0 Å². The lowest BCUT2D eigenvalue weighted by Gasteiger charge is -2.33. The topological polar surface area (TPSA) is 63.4 Å². The Kier molecular flexibility index (Phi) is 4.69. The van der Waals surface area contributed by atoms with Crippen LogP contribution in [-0.2, 0) is 10.0 Å². The number of sulfonamides is 1. The lowest BCUT2D eigenvalue weighted by Crippen LogP contribution is -2.45. The smallest absolute Gasteiger partial charge is 0.244 e. The zero-order chi connectivity index (χ0) is 14.9. The first-order valence-electron chi connectivity index (χ1n) is 6.53. The summed E-state index contributed by atoms with van der Waals surface area (Å²) in [7, 11) is -3.70. The number of halogens is 2. The van der Waals surface area contributed by atoms with Crippen LogP contribution in [-0.4, -0.2) is 31.9 Å². The van der Waals surface area contributed by atoms with E-state index in [1.807, 2.05) is 6.92 Å². The minimum Gasteiger partial charge on any atom is -0.328 e. The van der Waals surface area contributed by atoms with Crippen molar-refractivity contribution < 1.29 is 12.8 Å². The van der Waals surface area contributed by atoms with E-state index in [-0.39, 0.29) is 21.9 Å². The second-order valence-electron chi connectivity index (χ2n) is 5.20. The zero-order valence-corrected chi connectivity index (χ0v) is 12.8. The maximum absolute atomic E-state index is 13.0. The van der Waals surface area contributed by atoms with Crippen LogP contribution >= 0.6 is 11.6 Å². The van der Waals surface area contributed by atoms with Gasteiger partial charge >= 0.3 is 0 Å². The van der Waals surface area contributed by atoms with Crippen molar-refractivity contribution in [2.24, 2.45) is 11.7 Å². The first kappa shape index (κ1) is 15.7. The quantitative estimate of drug-likeness (QED) is 0.929. The van der Waals surface area contributed by atoms with Gasteiger partial charge in [-0.25, -0.2) is 12.8 Å². The molecule has 0 spiro atoms. The number of nitrogens with zero attached hydrogens (tertiary/aromatic N) is 1. The van der Waals surface area contributed by atoms with Gasteiger partial charge in [0.05, 0.1) is 5.02 Å². The highest BCUT2D eigenvalue weighted by atomic mass is 35.5. The summed E-state index contributed by atoms with van der Waals surface area (Å²) >= 11 is 5.86. The average molecular weight is 321 g/mol. The third-order valence-corrected chi connectivity index (χ3v) is 6.02. The van der Waals surface area contributed by atoms with Gasteiger partial charge in [-0.3, -0.25) is 0 Å². The molecule has 0 unspecified atom stereocenters. The number of nitrogens with two attached hydrogens (primary N) is 1. The standard InChI is InChI=1S/C13H18ClFN2O2S/c1-9(16)10-3-2-6-17(8-10)20(18,19)13-5-4-11(15)7-12(13)14/h4-5,7,9-10H,2-3,6,8,16H2,1H3/t9-,10-/m0/s1. The summed E-state index contributed by atoms with van der Waals surface area (Å²) in [6.45, 7) is 2.71. The Morgan fingerprint density at radius 1 is 1.50 bits per heavy atom. The fourth-order valence-electron chi connectivity index (χ4n) is 2.44. The fourth-order valence-corrected chi connectivity index (χ4v) is 4.49. The Labute approximate surface area is 123 Å². The van der Waals surface area contributed by atoms with Gasteiger partial charge in [0.15, 0.2) is 0 Å². The summed E-state index contributed by atoms with van der Waals surface area (Å²) in [5.41, 5.74) is 5.86.